The monoisotopic (exact) mass is 391 g/mol. The average molecular weight is 392 g/mol. The molecule has 6 heteroatoms. The number of nitrogens with zero attached hydrogens (tertiary/aromatic N) is 3. The number of halogens is 1. The first-order valence-corrected chi connectivity index (χ1v) is 8.94. The van der Waals surface area contributed by atoms with Crippen LogP contribution in [0, 0.1) is 6.92 Å². The van der Waals surface area contributed by atoms with E-state index in [2.05, 4.69) is 30.8 Å². The van der Waals surface area contributed by atoms with Crippen molar-refractivity contribution in [2.24, 2.45) is 0 Å². The maximum atomic E-state index is 6.10. The molecule has 1 aromatic heterocycles. The molecular formula is C18H22BrN3O2. The first kappa shape index (κ1) is 17.2. The van der Waals surface area contributed by atoms with E-state index in [0.29, 0.717) is 6.61 Å². The van der Waals surface area contributed by atoms with Crippen molar-refractivity contribution >= 4 is 21.7 Å². The number of aryl methyl sites for hydroxylation is 1. The summed E-state index contributed by atoms with van der Waals surface area (Å²) in [7, 11) is 1.66. The van der Waals surface area contributed by atoms with E-state index >= 15 is 0 Å². The molecule has 0 aliphatic carbocycles. The van der Waals surface area contributed by atoms with Crippen LogP contribution in [0.25, 0.3) is 0 Å². The fourth-order valence-corrected chi connectivity index (χ4v) is 3.28. The van der Waals surface area contributed by atoms with Crippen LogP contribution in [0.15, 0.2) is 34.8 Å². The molecule has 1 saturated heterocycles. The van der Waals surface area contributed by atoms with Gasteiger partial charge in [0.25, 0.3) is 0 Å². The summed E-state index contributed by atoms with van der Waals surface area (Å²) >= 11 is 3.48. The summed E-state index contributed by atoms with van der Waals surface area (Å²) in [4.78, 5) is 11.3. The van der Waals surface area contributed by atoms with Crippen LogP contribution < -0.4 is 9.64 Å². The van der Waals surface area contributed by atoms with Crippen molar-refractivity contribution < 1.29 is 9.47 Å². The summed E-state index contributed by atoms with van der Waals surface area (Å²) in [6.07, 6.45) is 2.21. The number of anilines is 1. The van der Waals surface area contributed by atoms with Crippen LogP contribution in [-0.4, -0.2) is 36.3 Å². The zero-order chi connectivity index (χ0) is 16.9. The summed E-state index contributed by atoms with van der Waals surface area (Å²) in [5.74, 6) is 2.64. The quantitative estimate of drug-likeness (QED) is 0.776. The SMILES string of the molecule is COCc1nc(C)cc(N2CCC(Oc3cccc(Br)c3)CC2)n1. The van der Waals surface area contributed by atoms with Gasteiger partial charge in [-0.1, -0.05) is 22.0 Å². The van der Waals surface area contributed by atoms with Gasteiger partial charge in [-0.3, -0.25) is 0 Å². The normalized spacial score (nSPS) is 15.5. The molecule has 0 spiro atoms. The minimum Gasteiger partial charge on any atom is -0.490 e. The second-order valence-electron chi connectivity index (χ2n) is 5.98. The third-order valence-electron chi connectivity index (χ3n) is 4.03. The Morgan fingerprint density at radius 2 is 2.00 bits per heavy atom. The summed E-state index contributed by atoms with van der Waals surface area (Å²) in [5, 5.41) is 0. The van der Waals surface area contributed by atoms with Crippen LogP contribution in [-0.2, 0) is 11.3 Å². The number of methoxy groups -OCH3 is 1. The highest BCUT2D eigenvalue weighted by atomic mass is 79.9. The molecule has 5 nitrogen and oxygen atoms in total. The third kappa shape index (κ3) is 4.45. The minimum absolute atomic E-state index is 0.247. The van der Waals surface area contributed by atoms with E-state index in [0.717, 1.165) is 53.5 Å². The number of ether oxygens (including phenoxy) is 2. The zero-order valence-corrected chi connectivity index (χ0v) is 15.6. The molecule has 3 rings (SSSR count). The van der Waals surface area contributed by atoms with E-state index in [1.807, 2.05) is 37.3 Å². The third-order valence-corrected chi connectivity index (χ3v) is 4.52. The summed E-state index contributed by atoms with van der Waals surface area (Å²) in [5.41, 5.74) is 0.972. The first-order valence-electron chi connectivity index (χ1n) is 8.14. The van der Waals surface area contributed by atoms with E-state index < -0.39 is 0 Å². The van der Waals surface area contributed by atoms with E-state index in [1.165, 1.54) is 0 Å². The summed E-state index contributed by atoms with van der Waals surface area (Å²) < 4.78 is 12.3. The van der Waals surface area contributed by atoms with E-state index in [9.17, 15) is 0 Å². The fraction of sp³-hybridized carbons (Fsp3) is 0.444. The highest BCUT2D eigenvalue weighted by Crippen LogP contribution is 2.24. The molecule has 128 valence electrons. The van der Waals surface area contributed by atoms with Crippen molar-refractivity contribution in [3.8, 4) is 5.75 Å². The Hall–Kier alpha value is -1.66. The molecule has 1 aliphatic heterocycles. The smallest absolute Gasteiger partial charge is 0.156 e. The maximum absolute atomic E-state index is 6.10. The molecule has 1 fully saturated rings. The molecule has 24 heavy (non-hydrogen) atoms. The van der Waals surface area contributed by atoms with Crippen LogP contribution in [0.4, 0.5) is 5.82 Å². The van der Waals surface area contributed by atoms with Gasteiger partial charge in [-0.05, 0) is 25.1 Å². The lowest BCUT2D eigenvalue weighted by Crippen LogP contribution is -2.38. The number of hydrogen-bond donors (Lipinski definition) is 0. The van der Waals surface area contributed by atoms with Gasteiger partial charge < -0.3 is 14.4 Å². The van der Waals surface area contributed by atoms with Gasteiger partial charge in [-0.15, -0.1) is 0 Å². The highest BCUT2D eigenvalue weighted by Gasteiger charge is 2.22. The Morgan fingerprint density at radius 1 is 1.21 bits per heavy atom. The van der Waals surface area contributed by atoms with Crippen molar-refractivity contribution in [1.29, 1.82) is 0 Å². The van der Waals surface area contributed by atoms with E-state index in [4.69, 9.17) is 9.47 Å². The lowest BCUT2D eigenvalue weighted by atomic mass is 10.1. The standard InChI is InChI=1S/C18H22BrN3O2/c1-13-10-18(21-17(20-13)12-23-2)22-8-6-15(7-9-22)24-16-5-3-4-14(19)11-16/h3-5,10-11,15H,6-9,12H2,1-2H3. The van der Waals surface area contributed by atoms with Crippen molar-refractivity contribution in [3.05, 3.63) is 46.3 Å². The molecule has 1 aromatic carbocycles. The molecule has 2 heterocycles. The van der Waals surface area contributed by atoms with Crippen LogP contribution >= 0.6 is 15.9 Å². The molecule has 0 atom stereocenters. The number of hydrogen-bond acceptors (Lipinski definition) is 5. The topological polar surface area (TPSA) is 47.5 Å². The molecule has 0 unspecified atom stereocenters. The predicted octanol–water partition coefficient (Wildman–Crippen LogP) is 3.74. The number of piperidine rings is 1. The van der Waals surface area contributed by atoms with Crippen molar-refractivity contribution in [2.45, 2.75) is 32.5 Å². The predicted molar refractivity (Wildman–Crippen MR) is 97.5 cm³/mol. The van der Waals surface area contributed by atoms with Crippen LogP contribution in [0.5, 0.6) is 5.75 Å². The van der Waals surface area contributed by atoms with Crippen LogP contribution in [0.2, 0.25) is 0 Å². The molecule has 0 radical (unpaired) electrons. The Morgan fingerprint density at radius 3 is 2.71 bits per heavy atom. The highest BCUT2D eigenvalue weighted by molar-refractivity contribution is 9.10. The van der Waals surface area contributed by atoms with Gasteiger partial charge in [0.1, 0.15) is 24.3 Å². The second kappa shape index (κ2) is 7.94. The van der Waals surface area contributed by atoms with E-state index in [-0.39, 0.29) is 6.10 Å². The van der Waals surface area contributed by atoms with Crippen molar-refractivity contribution in [3.63, 3.8) is 0 Å². The lowest BCUT2D eigenvalue weighted by molar-refractivity contribution is 0.170. The molecule has 0 N–H and O–H groups in total. The lowest BCUT2D eigenvalue weighted by Gasteiger charge is -2.33. The molecule has 2 aromatic rings. The summed E-state index contributed by atoms with van der Waals surface area (Å²) in [6, 6.07) is 10.0. The molecule has 0 bridgehead atoms. The first-order chi connectivity index (χ1) is 11.6. The summed E-state index contributed by atoms with van der Waals surface area (Å²) in [6.45, 7) is 4.30. The minimum atomic E-state index is 0.247. The van der Waals surface area contributed by atoms with E-state index in [1.54, 1.807) is 7.11 Å². The van der Waals surface area contributed by atoms with Crippen molar-refractivity contribution in [1.82, 2.24) is 9.97 Å². The zero-order valence-electron chi connectivity index (χ0n) is 14.0. The Balaban J connectivity index is 1.60. The van der Waals surface area contributed by atoms with Crippen LogP contribution in [0.1, 0.15) is 24.4 Å². The van der Waals surface area contributed by atoms with Gasteiger partial charge in [0.2, 0.25) is 0 Å². The number of benzene rings is 1. The number of rotatable bonds is 5. The molecule has 0 saturated carbocycles. The number of aromatic nitrogens is 2. The Labute approximate surface area is 151 Å². The average Bonchev–Trinajstić information content (AvgIpc) is 2.55. The van der Waals surface area contributed by atoms with Gasteiger partial charge in [0, 0.05) is 49.3 Å². The second-order valence-corrected chi connectivity index (χ2v) is 6.89. The van der Waals surface area contributed by atoms with Gasteiger partial charge in [-0.2, -0.15) is 0 Å². The molecular weight excluding hydrogens is 370 g/mol. The van der Waals surface area contributed by atoms with Gasteiger partial charge in [0.15, 0.2) is 5.82 Å². The Bertz CT molecular complexity index is 688. The molecule has 0 amide bonds. The maximum Gasteiger partial charge on any atom is 0.156 e. The fourth-order valence-electron chi connectivity index (χ4n) is 2.90. The largest absolute Gasteiger partial charge is 0.490 e. The molecule has 1 aliphatic rings. The van der Waals surface area contributed by atoms with Crippen LogP contribution in [0.3, 0.4) is 0 Å². The van der Waals surface area contributed by atoms with Gasteiger partial charge in [0.05, 0.1) is 0 Å². The van der Waals surface area contributed by atoms with Gasteiger partial charge >= 0.3 is 0 Å². The Kier molecular flexibility index (Phi) is 5.68. The van der Waals surface area contributed by atoms with Gasteiger partial charge in [-0.25, -0.2) is 9.97 Å². The van der Waals surface area contributed by atoms with Crippen molar-refractivity contribution in [2.75, 3.05) is 25.1 Å².